The Labute approximate surface area is 155 Å². The quantitative estimate of drug-likeness (QED) is 0.802. The van der Waals surface area contributed by atoms with Crippen LogP contribution in [0.5, 0.6) is 0 Å². The van der Waals surface area contributed by atoms with E-state index in [1.807, 2.05) is 12.3 Å². The van der Waals surface area contributed by atoms with Crippen LogP contribution in [0, 0.1) is 0 Å². The molecule has 1 aliphatic rings. The molecule has 142 valence electrons. The maximum atomic E-state index is 12.5. The summed E-state index contributed by atoms with van der Waals surface area (Å²) in [5.74, 6) is 1.42. The van der Waals surface area contributed by atoms with E-state index in [0.717, 1.165) is 30.0 Å². The molecule has 0 saturated carbocycles. The topological polar surface area (TPSA) is 71.3 Å². The Bertz CT molecular complexity index is 860. The number of hydrogen-bond donors (Lipinski definition) is 0. The van der Waals surface area contributed by atoms with Crippen molar-refractivity contribution in [2.75, 3.05) is 27.2 Å². The fourth-order valence-electron chi connectivity index (χ4n) is 3.39. The molecule has 8 heteroatoms. The molecule has 0 N–H and O–H groups in total. The molecule has 1 atom stereocenters. The maximum absolute atomic E-state index is 12.5. The summed E-state index contributed by atoms with van der Waals surface area (Å²) in [6.45, 7) is 5.27. The first-order valence-corrected chi connectivity index (χ1v) is 10.4. The first kappa shape index (κ1) is 19.0. The minimum absolute atomic E-state index is 0.101. The van der Waals surface area contributed by atoms with E-state index in [4.69, 9.17) is 0 Å². The highest BCUT2D eigenvalue weighted by Crippen LogP contribution is 2.29. The Morgan fingerprint density at radius 2 is 2.00 bits per heavy atom. The molecule has 0 amide bonds. The summed E-state index contributed by atoms with van der Waals surface area (Å²) in [4.78, 5) is 8.99. The van der Waals surface area contributed by atoms with E-state index in [0.29, 0.717) is 19.0 Å². The minimum Gasteiger partial charge on any atom is -0.303 e. The molecule has 7 nitrogen and oxygen atoms in total. The number of pyridine rings is 1. The molecule has 0 spiro atoms. The SMILES string of the molecule is CC(C)c1nccn1-c1ccnc(C2CCCN(S(=O)(=O)N(C)C)C2)c1. The summed E-state index contributed by atoms with van der Waals surface area (Å²) in [5.41, 5.74) is 1.95. The zero-order valence-electron chi connectivity index (χ0n) is 15.8. The predicted molar refractivity (Wildman–Crippen MR) is 102 cm³/mol. The Kier molecular flexibility index (Phi) is 5.45. The molecule has 2 aromatic heterocycles. The molecular formula is C18H27N5O2S. The number of piperidine rings is 1. The van der Waals surface area contributed by atoms with E-state index in [-0.39, 0.29) is 5.92 Å². The molecule has 0 aliphatic carbocycles. The summed E-state index contributed by atoms with van der Waals surface area (Å²) in [5, 5.41) is 0. The number of imidazole rings is 1. The number of rotatable bonds is 5. The van der Waals surface area contributed by atoms with Crippen LogP contribution >= 0.6 is 0 Å². The molecule has 1 unspecified atom stereocenters. The van der Waals surface area contributed by atoms with Gasteiger partial charge in [0.05, 0.1) is 5.69 Å². The molecule has 0 bridgehead atoms. The van der Waals surface area contributed by atoms with Crippen molar-refractivity contribution < 1.29 is 8.42 Å². The predicted octanol–water partition coefficient (Wildman–Crippen LogP) is 2.38. The third-order valence-electron chi connectivity index (χ3n) is 4.82. The first-order chi connectivity index (χ1) is 12.3. The molecule has 3 rings (SSSR count). The smallest absolute Gasteiger partial charge is 0.281 e. The fourth-order valence-corrected chi connectivity index (χ4v) is 4.58. The van der Waals surface area contributed by atoms with Crippen molar-refractivity contribution in [1.82, 2.24) is 23.1 Å². The lowest BCUT2D eigenvalue weighted by atomic mass is 9.95. The van der Waals surface area contributed by atoms with Crippen LogP contribution in [0.3, 0.4) is 0 Å². The van der Waals surface area contributed by atoms with E-state index in [2.05, 4.69) is 34.4 Å². The average molecular weight is 378 g/mol. The lowest BCUT2D eigenvalue weighted by Gasteiger charge is -2.33. The number of aromatic nitrogens is 3. The summed E-state index contributed by atoms with van der Waals surface area (Å²) in [6.07, 6.45) is 7.34. The van der Waals surface area contributed by atoms with Crippen molar-refractivity contribution in [3.05, 3.63) is 42.2 Å². The molecule has 26 heavy (non-hydrogen) atoms. The molecule has 0 aromatic carbocycles. The van der Waals surface area contributed by atoms with Crippen molar-refractivity contribution in [3.8, 4) is 5.69 Å². The Morgan fingerprint density at radius 1 is 1.23 bits per heavy atom. The molecular weight excluding hydrogens is 350 g/mol. The van der Waals surface area contributed by atoms with Gasteiger partial charge in [-0.1, -0.05) is 13.8 Å². The minimum atomic E-state index is -3.39. The molecule has 0 radical (unpaired) electrons. The number of hydrogen-bond acceptors (Lipinski definition) is 4. The van der Waals surface area contributed by atoms with E-state index >= 15 is 0 Å². The monoisotopic (exact) mass is 377 g/mol. The van der Waals surface area contributed by atoms with Crippen LogP contribution < -0.4 is 0 Å². The third kappa shape index (κ3) is 3.67. The molecule has 1 saturated heterocycles. The van der Waals surface area contributed by atoms with Gasteiger partial charge in [0.1, 0.15) is 5.82 Å². The summed E-state index contributed by atoms with van der Waals surface area (Å²) < 4.78 is 29.8. The van der Waals surface area contributed by atoms with Crippen LogP contribution in [-0.4, -0.2) is 58.7 Å². The van der Waals surface area contributed by atoms with E-state index in [1.54, 1.807) is 30.8 Å². The van der Waals surface area contributed by atoms with Crippen molar-refractivity contribution in [3.63, 3.8) is 0 Å². The zero-order chi connectivity index (χ0) is 18.9. The van der Waals surface area contributed by atoms with Gasteiger partial charge in [-0.2, -0.15) is 17.0 Å². The van der Waals surface area contributed by atoms with E-state index < -0.39 is 10.2 Å². The van der Waals surface area contributed by atoms with Gasteiger partial charge in [-0.3, -0.25) is 4.98 Å². The van der Waals surface area contributed by atoms with Crippen LogP contribution in [-0.2, 0) is 10.2 Å². The summed E-state index contributed by atoms with van der Waals surface area (Å²) in [7, 11) is -0.241. The normalized spacial score (nSPS) is 19.4. The van der Waals surface area contributed by atoms with Crippen molar-refractivity contribution in [1.29, 1.82) is 0 Å². The van der Waals surface area contributed by atoms with Crippen molar-refractivity contribution in [2.45, 2.75) is 38.5 Å². The lowest BCUT2D eigenvalue weighted by Crippen LogP contribution is -2.45. The van der Waals surface area contributed by atoms with Crippen LogP contribution in [0.15, 0.2) is 30.7 Å². The molecule has 3 heterocycles. The molecule has 2 aromatic rings. The highest BCUT2D eigenvalue weighted by Gasteiger charge is 2.31. The maximum Gasteiger partial charge on any atom is 0.281 e. The molecule has 1 fully saturated rings. The van der Waals surface area contributed by atoms with Crippen LogP contribution in [0.4, 0.5) is 0 Å². The van der Waals surface area contributed by atoms with Crippen LogP contribution in [0.2, 0.25) is 0 Å². The van der Waals surface area contributed by atoms with Crippen molar-refractivity contribution in [2.24, 2.45) is 0 Å². The zero-order valence-corrected chi connectivity index (χ0v) is 16.6. The van der Waals surface area contributed by atoms with Crippen LogP contribution in [0.25, 0.3) is 5.69 Å². The highest BCUT2D eigenvalue weighted by atomic mass is 32.2. The van der Waals surface area contributed by atoms with Gasteiger partial charge in [0.2, 0.25) is 0 Å². The summed E-state index contributed by atoms with van der Waals surface area (Å²) in [6, 6.07) is 4.03. The standard InChI is InChI=1S/C18H27N5O2S/c1-14(2)18-20-9-11-23(18)16-7-8-19-17(12-16)15-6-5-10-22(13-15)26(24,25)21(3)4/h7-9,11-12,14-15H,5-6,10,13H2,1-4H3. The van der Waals surface area contributed by atoms with Gasteiger partial charge in [-0.05, 0) is 25.0 Å². The van der Waals surface area contributed by atoms with Crippen LogP contribution in [0.1, 0.15) is 50.0 Å². The second-order valence-electron chi connectivity index (χ2n) is 7.24. The van der Waals surface area contributed by atoms with Gasteiger partial charge in [0, 0.05) is 63.3 Å². The van der Waals surface area contributed by atoms with E-state index in [1.165, 1.54) is 4.31 Å². The van der Waals surface area contributed by atoms with Gasteiger partial charge in [-0.15, -0.1) is 0 Å². The Balaban J connectivity index is 1.87. The Hall–Kier alpha value is -1.77. The van der Waals surface area contributed by atoms with Gasteiger partial charge >= 0.3 is 0 Å². The second kappa shape index (κ2) is 7.46. The lowest BCUT2D eigenvalue weighted by molar-refractivity contribution is 0.296. The fraction of sp³-hybridized carbons (Fsp3) is 0.556. The largest absolute Gasteiger partial charge is 0.303 e. The van der Waals surface area contributed by atoms with Gasteiger partial charge in [0.15, 0.2) is 0 Å². The number of nitrogens with zero attached hydrogens (tertiary/aromatic N) is 5. The molecule has 1 aliphatic heterocycles. The first-order valence-electron chi connectivity index (χ1n) is 8.98. The van der Waals surface area contributed by atoms with E-state index in [9.17, 15) is 8.42 Å². The Morgan fingerprint density at radius 3 is 2.69 bits per heavy atom. The third-order valence-corrected chi connectivity index (χ3v) is 6.73. The van der Waals surface area contributed by atoms with Crippen molar-refractivity contribution >= 4 is 10.2 Å². The van der Waals surface area contributed by atoms with Gasteiger partial charge in [0.25, 0.3) is 10.2 Å². The second-order valence-corrected chi connectivity index (χ2v) is 9.38. The summed E-state index contributed by atoms with van der Waals surface area (Å²) >= 11 is 0. The van der Waals surface area contributed by atoms with Gasteiger partial charge < -0.3 is 4.57 Å². The average Bonchev–Trinajstić information content (AvgIpc) is 3.12. The van der Waals surface area contributed by atoms with Gasteiger partial charge in [-0.25, -0.2) is 4.98 Å². The highest BCUT2D eigenvalue weighted by molar-refractivity contribution is 7.86.